The van der Waals surface area contributed by atoms with Crippen molar-refractivity contribution in [3.05, 3.63) is 18.5 Å². The quantitative estimate of drug-likeness (QED) is 0.874. The summed E-state index contributed by atoms with van der Waals surface area (Å²) in [5.74, 6) is 1.84. The molecule has 1 amide bonds. The third-order valence-electron chi connectivity index (χ3n) is 4.49. The van der Waals surface area contributed by atoms with E-state index in [0.717, 1.165) is 50.9 Å². The van der Waals surface area contributed by atoms with Gasteiger partial charge in [0.05, 0.1) is 0 Å². The number of likely N-dealkylation sites (tertiary alicyclic amines) is 1. The number of hydrogen-bond donors (Lipinski definition) is 1. The Bertz CT molecular complexity index is 403. The predicted molar refractivity (Wildman–Crippen MR) is 72.5 cm³/mol. The maximum absolute atomic E-state index is 12.2. The first-order valence-electron chi connectivity index (χ1n) is 7.29. The smallest absolute Gasteiger partial charge is 0.224 e. The zero-order chi connectivity index (χ0) is 13.1. The number of aromatic nitrogens is 2. The Morgan fingerprint density at radius 1 is 1.26 bits per heavy atom. The van der Waals surface area contributed by atoms with E-state index in [1.807, 2.05) is 16.9 Å². The topological polar surface area (TPSA) is 50.2 Å². The number of fused-ring (bicyclic) bond motifs is 1. The predicted octanol–water partition coefficient (Wildman–Crippen LogP) is 0.731. The molecule has 0 aliphatic carbocycles. The van der Waals surface area contributed by atoms with Gasteiger partial charge in [-0.15, -0.1) is 0 Å². The SMILES string of the molecule is O=C(CCn1cccn1)N1CC[C@@H]2CNC[C@@H]2CC1. The number of hydrogen-bond acceptors (Lipinski definition) is 3. The van der Waals surface area contributed by atoms with Gasteiger partial charge in [0.25, 0.3) is 0 Å². The van der Waals surface area contributed by atoms with Crippen LogP contribution in [0.4, 0.5) is 0 Å². The van der Waals surface area contributed by atoms with Crippen LogP contribution < -0.4 is 5.32 Å². The first-order chi connectivity index (χ1) is 9.33. The summed E-state index contributed by atoms with van der Waals surface area (Å²) < 4.78 is 1.83. The maximum Gasteiger partial charge on any atom is 0.224 e. The van der Waals surface area contributed by atoms with Crippen molar-refractivity contribution in [1.82, 2.24) is 20.0 Å². The fourth-order valence-corrected chi connectivity index (χ4v) is 3.27. The Hall–Kier alpha value is -1.36. The Kier molecular flexibility index (Phi) is 3.82. The van der Waals surface area contributed by atoms with Crippen LogP contribution in [0.1, 0.15) is 19.3 Å². The molecule has 2 aliphatic heterocycles. The van der Waals surface area contributed by atoms with Gasteiger partial charge in [0.1, 0.15) is 0 Å². The first-order valence-corrected chi connectivity index (χ1v) is 7.29. The van der Waals surface area contributed by atoms with E-state index in [9.17, 15) is 4.79 Å². The lowest BCUT2D eigenvalue weighted by Crippen LogP contribution is -2.33. The Balaban J connectivity index is 1.50. The minimum Gasteiger partial charge on any atom is -0.343 e. The second kappa shape index (κ2) is 5.74. The van der Waals surface area contributed by atoms with Gasteiger partial charge in [-0.25, -0.2) is 0 Å². The molecule has 0 radical (unpaired) electrons. The summed E-state index contributed by atoms with van der Waals surface area (Å²) in [6, 6.07) is 1.89. The van der Waals surface area contributed by atoms with Crippen molar-refractivity contribution in [2.45, 2.75) is 25.8 Å². The summed E-state index contributed by atoms with van der Waals surface area (Å²) in [4.78, 5) is 14.3. The maximum atomic E-state index is 12.2. The van der Waals surface area contributed by atoms with Crippen LogP contribution in [-0.4, -0.2) is 46.8 Å². The van der Waals surface area contributed by atoms with Crippen molar-refractivity contribution in [2.24, 2.45) is 11.8 Å². The van der Waals surface area contributed by atoms with Gasteiger partial charge in [-0.2, -0.15) is 5.10 Å². The van der Waals surface area contributed by atoms with Crippen LogP contribution in [0.3, 0.4) is 0 Å². The van der Waals surface area contributed by atoms with Crippen molar-refractivity contribution >= 4 is 5.91 Å². The van der Waals surface area contributed by atoms with Gasteiger partial charge in [-0.1, -0.05) is 0 Å². The molecule has 2 saturated heterocycles. The second-order valence-electron chi connectivity index (χ2n) is 5.66. The average molecular weight is 262 g/mol. The van der Waals surface area contributed by atoms with Crippen molar-refractivity contribution in [2.75, 3.05) is 26.2 Å². The molecular formula is C14H22N4O. The van der Waals surface area contributed by atoms with E-state index < -0.39 is 0 Å². The Morgan fingerprint density at radius 2 is 2.00 bits per heavy atom. The van der Waals surface area contributed by atoms with Gasteiger partial charge >= 0.3 is 0 Å². The van der Waals surface area contributed by atoms with Gasteiger partial charge in [0.2, 0.25) is 5.91 Å². The van der Waals surface area contributed by atoms with E-state index in [-0.39, 0.29) is 5.91 Å². The molecule has 2 atom stereocenters. The van der Waals surface area contributed by atoms with Gasteiger partial charge in [-0.05, 0) is 43.8 Å². The normalized spacial score (nSPS) is 27.1. The molecule has 1 N–H and O–H groups in total. The molecule has 0 aromatic carbocycles. The molecule has 3 heterocycles. The van der Waals surface area contributed by atoms with Crippen LogP contribution in [0.5, 0.6) is 0 Å². The third kappa shape index (κ3) is 2.97. The largest absolute Gasteiger partial charge is 0.343 e. The molecule has 5 heteroatoms. The second-order valence-corrected chi connectivity index (χ2v) is 5.66. The van der Waals surface area contributed by atoms with Gasteiger partial charge < -0.3 is 10.2 Å². The Labute approximate surface area is 114 Å². The molecule has 0 saturated carbocycles. The molecule has 0 spiro atoms. The average Bonchev–Trinajstić information content (AvgIpc) is 3.05. The molecule has 1 aromatic heterocycles. The van der Waals surface area contributed by atoms with E-state index in [1.165, 1.54) is 0 Å². The first kappa shape index (κ1) is 12.7. The van der Waals surface area contributed by atoms with Crippen LogP contribution in [0.15, 0.2) is 18.5 Å². The molecule has 0 unspecified atom stereocenters. The molecule has 1 aromatic rings. The summed E-state index contributed by atoms with van der Waals surface area (Å²) in [6.07, 6.45) is 6.54. The van der Waals surface area contributed by atoms with E-state index in [1.54, 1.807) is 6.20 Å². The number of aryl methyl sites for hydroxylation is 1. The van der Waals surface area contributed by atoms with Crippen molar-refractivity contribution in [3.8, 4) is 0 Å². The van der Waals surface area contributed by atoms with Crippen molar-refractivity contribution < 1.29 is 4.79 Å². The summed E-state index contributed by atoms with van der Waals surface area (Å²) in [6.45, 7) is 4.83. The molecule has 0 bridgehead atoms. The number of carbonyl (C=O) groups is 1. The summed E-state index contributed by atoms with van der Waals surface area (Å²) in [7, 11) is 0. The number of rotatable bonds is 3. The van der Waals surface area contributed by atoms with Crippen LogP contribution in [0.2, 0.25) is 0 Å². The third-order valence-corrected chi connectivity index (χ3v) is 4.49. The highest BCUT2D eigenvalue weighted by Gasteiger charge is 2.31. The highest BCUT2D eigenvalue weighted by molar-refractivity contribution is 5.76. The summed E-state index contributed by atoms with van der Waals surface area (Å²) >= 11 is 0. The van der Waals surface area contributed by atoms with E-state index in [0.29, 0.717) is 13.0 Å². The fraction of sp³-hybridized carbons (Fsp3) is 0.714. The molecule has 5 nitrogen and oxygen atoms in total. The highest BCUT2D eigenvalue weighted by atomic mass is 16.2. The van der Waals surface area contributed by atoms with Crippen molar-refractivity contribution in [1.29, 1.82) is 0 Å². The fourth-order valence-electron chi connectivity index (χ4n) is 3.27. The van der Waals surface area contributed by atoms with Crippen molar-refractivity contribution in [3.63, 3.8) is 0 Å². The van der Waals surface area contributed by atoms with E-state index >= 15 is 0 Å². The van der Waals surface area contributed by atoms with E-state index in [2.05, 4.69) is 15.3 Å². The van der Waals surface area contributed by atoms with Gasteiger partial charge in [-0.3, -0.25) is 9.48 Å². The number of nitrogens with one attached hydrogen (secondary N) is 1. The van der Waals surface area contributed by atoms with E-state index in [4.69, 9.17) is 0 Å². The molecule has 19 heavy (non-hydrogen) atoms. The number of carbonyl (C=O) groups excluding carboxylic acids is 1. The number of nitrogens with zero attached hydrogens (tertiary/aromatic N) is 3. The van der Waals surface area contributed by atoms with Crippen LogP contribution >= 0.6 is 0 Å². The minimum absolute atomic E-state index is 0.281. The zero-order valence-corrected chi connectivity index (χ0v) is 11.3. The molecular weight excluding hydrogens is 240 g/mol. The monoisotopic (exact) mass is 262 g/mol. The van der Waals surface area contributed by atoms with Gasteiger partial charge in [0, 0.05) is 38.4 Å². The lowest BCUT2D eigenvalue weighted by molar-refractivity contribution is -0.131. The summed E-state index contributed by atoms with van der Waals surface area (Å²) in [5, 5.41) is 7.60. The van der Waals surface area contributed by atoms with Crippen LogP contribution in [0.25, 0.3) is 0 Å². The Morgan fingerprint density at radius 3 is 2.63 bits per heavy atom. The lowest BCUT2D eigenvalue weighted by Gasteiger charge is -2.20. The molecule has 2 aliphatic rings. The van der Waals surface area contributed by atoms with Crippen LogP contribution in [0, 0.1) is 11.8 Å². The molecule has 3 rings (SSSR count). The summed E-state index contributed by atoms with van der Waals surface area (Å²) in [5.41, 5.74) is 0. The lowest BCUT2D eigenvalue weighted by atomic mass is 9.92. The number of amides is 1. The zero-order valence-electron chi connectivity index (χ0n) is 11.3. The minimum atomic E-state index is 0.281. The van der Waals surface area contributed by atoms with Gasteiger partial charge in [0.15, 0.2) is 0 Å². The molecule has 104 valence electrons. The molecule has 2 fully saturated rings. The van der Waals surface area contributed by atoms with Crippen LogP contribution in [-0.2, 0) is 11.3 Å². The highest BCUT2D eigenvalue weighted by Crippen LogP contribution is 2.27. The standard InChI is InChI=1S/C14H22N4O/c19-14(4-9-18-6-1-5-16-18)17-7-2-12-10-15-11-13(12)3-8-17/h1,5-6,12-13,15H,2-4,7-11H2/t12-,13+.